The van der Waals surface area contributed by atoms with E-state index in [4.69, 9.17) is 23.2 Å². The van der Waals surface area contributed by atoms with E-state index in [1.54, 1.807) is 30.3 Å². The summed E-state index contributed by atoms with van der Waals surface area (Å²) in [4.78, 5) is 12.3. The van der Waals surface area contributed by atoms with Gasteiger partial charge in [-0.15, -0.1) is 0 Å². The molecule has 154 valence electrons. The van der Waals surface area contributed by atoms with E-state index < -0.39 is 10.0 Å². The first-order chi connectivity index (χ1) is 13.8. The molecule has 2 fully saturated rings. The summed E-state index contributed by atoms with van der Waals surface area (Å²) in [7, 11) is -3.52. The molecule has 2 aromatic carbocycles. The normalized spacial score (nSPS) is 18.7. The average molecular weight is 454 g/mol. The largest absolute Gasteiger partial charge is 0.335 e. The Bertz CT molecular complexity index is 1010. The van der Waals surface area contributed by atoms with Gasteiger partial charge in [-0.3, -0.25) is 0 Å². The highest BCUT2D eigenvalue weighted by Gasteiger charge is 2.55. The van der Waals surface area contributed by atoms with Gasteiger partial charge in [0.05, 0.1) is 4.90 Å². The highest BCUT2D eigenvalue weighted by molar-refractivity contribution is 7.89. The first-order valence-electron chi connectivity index (χ1n) is 9.30. The molecular formula is C20H21Cl2N3O3S. The summed E-state index contributed by atoms with van der Waals surface area (Å²) in [5, 5.41) is 6.84. The maximum absolute atomic E-state index is 12.7. The minimum absolute atomic E-state index is 0.0280. The van der Waals surface area contributed by atoms with Gasteiger partial charge in [0.2, 0.25) is 10.0 Å². The number of sulfonamides is 1. The molecule has 0 radical (unpaired) electrons. The molecule has 1 aliphatic carbocycles. The number of halogens is 2. The molecular weight excluding hydrogens is 433 g/mol. The number of nitrogens with one attached hydrogen (secondary N) is 2. The second-order valence-corrected chi connectivity index (χ2v) is 10.6. The van der Waals surface area contributed by atoms with Crippen molar-refractivity contribution >= 4 is 39.3 Å². The summed E-state index contributed by atoms with van der Waals surface area (Å²) in [6.07, 6.45) is 1.56. The molecule has 1 saturated carbocycles. The molecule has 1 aliphatic heterocycles. The number of hydrogen-bond acceptors (Lipinski definition) is 3. The van der Waals surface area contributed by atoms with Crippen LogP contribution in [0.1, 0.15) is 18.4 Å². The Kier molecular flexibility index (Phi) is 5.50. The maximum Gasteiger partial charge on any atom is 0.315 e. The average Bonchev–Trinajstić information content (AvgIpc) is 2.62. The van der Waals surface area contributed by atoms with Gasteiger partial charge in [-0.05, 0) is 48.7 Å². The number of hydrogen-bond donors (Lipinski definition) is 2. The lowest BCUT2D eigenvalue weighted by atomic mass is 9.61. The molecule has 1 heterocycles. The third-order valence-electron chi connectivity index (χ3n) is 5.52. The Morgan fingerprint density at radius 2 is 1.76 bits per heavy atom. The fourth-order valence-electron chi connectivity index (χ4n) is 4.02. The summed E-state index contributed by atoms with van der Waals surface area (Å²) in [6.45, 7) is 1.38. The quantitative estimate of drug-likeness (QED) is 0.724. The molecule has 9 heteroatoms. The molecule has 6 nitrogen and oxygen atoms in total. The van der Waals surface area contributed by atoms with E-state index in [-0.39, 0.29) is 22.4 Å². The minimum atomic E-state index is -3.52. The maximum atomic E-state index is 12.7. The molecule has 2 aliphatic rings. The predicted molar refractivity (Wildman–Crippen MR) is 112 cm³/mol. The summed E-state index contributed by atoms with van der Waals surface area (Å²) in [5.41, 5.74) is 0.940. The van der Waals surface area contributed by atoms with Gasteiger partial charge in [0.15, 0.2) is 0 Å². The van der Waals surface area contributed by atoms with Crippen LogP contribution in [0.25, 0.3) is 0 Å². The van der Waals surface area contributed by atoms with Crippen LogP contribution >= 0.6 is 23.2 Å². The topological polar surface area (TPSA) is 78.5 Å². The zero-order valence-corrected chi connectivity index (χ0v) is 17.9. The van der Waals surface area contributed by atoms with Crippen molar-refractivity contribution in [3.63, 3.8) is 0 Å². The van der Waals surface area contributed by atoms with Crippen LogP contribution in [0, 0.1) is 5.41 Å². The third-order valence-corrected chi connectivity index (χ3v) is 7.79. The van der Waals surface area contributed by atoms with Gasteiger partial charge in [0, 0.05) is 41.1 Å². The predicted octanol–water partition coefficient (Wildman–Crippen LogP) is 3.65. The molecule has 2 aromatic rings. The lowest BCUT2D eigenvalue weighted by Crippen LogP contribution is -2.67. The van der Waals surface area contributed by atoms with Crippen molar-refractivity contribution in [2.45, 2.75) is 30.3 Å². The van der Waals surface area contributed by atoms with E-state index >= 15 is 0 Å². The van der Waals surface area contributed by atoms with Gasteiger partial charge in [-0.2, -0.15) is 4.31 Å². The molecule has 0 unspecified atom stereocenters. The van der Waals surface area contributed by atoms with Gasteiger partial charge in [0.25, 0.3) is 0 Å². The molecule has 0 bridgehead atoms. The first-order valence-corrected chi connectivity index (χ1v) is 11.5. The van der Waals surface area contributed by atoms with Crippen LogP contribution < -0.4 is 10.6 Å². The summed E-state index contributed by atoms with van der Waals surface area (Å²) < 4.78 is 26.8. The minimum Gasteiger partial charge on any atom is -0.335 e. The number of rotatable bonds is 5. The van der Waals surface area contributed by atoms with E-state index in [2.05, 4.69) is 10.6 Å². The highest BCUT2D eigenvalue weighted by atomic mass is 35.5. The summed E-state index contributed by atoms with van der Waals surface area (Å²) in [6, 6.07) is 13.5. The standard InChI is InChI=1S/C20H21Cl2N3O3S/c21-15-6-4-14(5-7-15)11-23-19(26)24-17-9-20(10-17)12-25(13-20)29(27,28)18-3-1-2-16(22)8-18/h1-8,17H,9-13H2,(H2,23,24,26). The number of benzene rings is 2. The van der Waals surface area contributed by atoms with Crippen molar-refractivity contribution in [3.05, 3.63) is 64.1 Å². The van der Waals surface area contributed by atoms with E-state index in [0.717, 1.165) is 18.4 Å². The molecule has 0 aromatic heterocycles. The highest BCUT2D eigenvalue weighted by Crippen LogP contribution is 2.50. The Morgan fingerprint density at radius 1 is 1.07 bits per heavy atom. The second kappa shape index (κ2) is 7.80. The van der Waals surface area contributed by atoms with Crippen molar-refractivity contribution in [2.24, 2.45) is 5.41 Å². The van der Waals surface area contributed by atoms with Crippen LogP contribution in [0.3, 0.4) is 0 Å². The van der Waals surface area contributed by atoms with Crippen LogP contribution in [0.2, 0.25) is 10.0 Å². The van der Waals surface area contributed by atoms with E-state index in [1.165, 1.54) is 10.4 Å². The van der Waals surface area contributed by atoms with E-state index in [9.17, 15) is 13.2 Å². The second-order valence-electron chi connectivity index (χ2n) is 7.79. The monoisotopic (exact) mass is 453 g/mol. The van der Waals surface area contributed by atoms with Crippen LogP contribution in [-0.4, -0.2) is 37.9 Å². The number of nitrogens with zero attached hydrogens (tertiary/aromatic N) is 1. The Balaban J connectivity index is 1.22. The fraction of sp³-hybridized carbons (Fsp3) is 0.350. The lowest BCUT2D eigenvalue weighted by Gasteiger charge is -2.58. The molecule has 4 rings (SSSR count). The number of urea groups is 1. The number of amides is 2. The SMILES string of the molecule is O=C(NCc1ccc(Cl)cc1)NC1CC2(C1)CN(S(=O)(=O)c1cccc(Cl)c1)C2. The molecule has 2 amide bonds. The van der Waals surface area contributed by atoms with Crippen LogP contribution in [0.15, 0.2) is 53.4 Å². The Hall–Kier alpha value is -1.80. The van der Waals surface area contributed by atoms with Crippen LogP contribution in [0.4, 0.5) is 4.79 Å². The summed E-state index contributed by atoms with van der Waals surface area (Å²) in [5.74, 6) is 0. The van der Waals surface area contributed by atoms with Gasteiger partial charge in [-0.1, -0.05) is 41.4 Å². The zero-order valence-electron chi connectivity index (χ0n) is 15.6. The van der Waals surface area contributed by atoms with Crippen molar-refractivity contribution < 1.29 is 13.2 Å². The van der Waals surface area contributed by atoms with E-state index in [1.807, 2.05) is 12.1 Å². The Morgan fingerprint density at radius 3 is 2.41 bits per heavy atom. The lowest BCUT2D eigenvalue weighted by molar-refractivity contribution is -0.0302. The molecule has 1 saturated heterocycles. The first kappa shape index (κ1) is 20.5. The molecule has 0 atom stereocenters. The third kappa shape index (κ3) is 4.38. The smallest absolute Gasteiger partial charge is 0.315 e. The van der Waals surface area contributed by atoms with Gasteiger partial charge < -0.3 is 10.6 Å². The van der Waals surface area contributed by atoms with Crippen molar-refractivity contribution in [3.8, 4) is 0 Å². The van der Waals surface area contributed by atoms with Crippen molar-refractivity contribution in [1.29, 1.82) is 0 Å². The van der Waals surface area contributed by atoms with Crippen molar-refractivity contribution in [2.75, 3.05) is 13.1 Å². The van der Waals surface area contributed by atoms with Crippen LogP contribution in [0.5, 0.6) is 0 Å². The zero-order chi connectivity index (χ0) is 20.6. The van der Waals surface area contributed by atoms with Gasteiger partial charge in [0.1, 0.15) is 0 Å². The summed E-state index contributed by atoms with van der Waals surface area (Å²) >= 11 is 11.8. The van der Waals surface area contributed by atoms with Crippen molar-refractivity contribution in [1.82, 2.24) is 14.9 Å². The number of carbonyl (C=O) groups is 1. The van der Waals surface area contributed by atoms with Crippen LogP contribution in [-0.2, 0) is 16.6 Å². The Labute approximate surface area is 180 Å². The molecule has 29 heavy (non-hydrogen) atoms. The number of carbonyl (C=O) groups excluding carboxylic acids is 1. The van der Waals surface area contributed by atoms with E-state index in [0.29, 0.717) is 29.7 Å². The molecule has 2 N–H and O–H groups in total. The fourth-order valence-corrected chi connectivity index (χ4v) is 6.11. The van der Waals surface area contributed by atoms with Gasteiger partial charge in [-0.25, -0.2) is 13.2 Å². The molecule has 1 spiro atoms. The van der Waals surface area contributed by atoms with Gasteiger partial charge >= 0.3 is 6.03 Å².